The molecule has 1 unspecified atom stereocenters. The fourth-order valence-electron chi connectivity index (χ4n) is 3.14. The number of ether oxygens (including phenoxy) is 2. The summed E-state index contributed by atoms with van der Waals surface area (Å²) in [5.41, 5.74) is 0. The Morgan fingerprint density at radius 2 is 1.90 bits per heavy atom. The molecule has 1 aromatic heterocycles. The lowest BCUT2D eigenvalue weighted by molar-refractivity contribution is -0.139. The predicted octanol–water partition coefficient (Wildman–Crippen LogP) is -0.950. The van der Waals surface area contributed by atoms with Crippen LogP contribution in [0.15, 0.2) is 21.7 Å². The van der Waals surface area contributed by atoms with Gasteiger partial charge in [0.25, 0.3) is 10.0 Å². The highest BCUT2D eigenvalue weighted by Gasteiger charge is 2.37. The van der Waals surface area contributed by atoms with E-state index in [1.807, 2.05) is 0 Å². The Labute approximate surface area is 174 Å². The third kappa shape index (κ3) is 5.96. The first-order chi connectivity index (χ1) is 14.0. The number of carbonyl (C=O) groups excluding carboxylic acids is 2. The van der Waals surface area contributed by atoms with Gasteiger partial charge in [0, 0.05) is 26.2 Å². The van der Waals surface area contributed by atoms with Gasteiger partial charge in [-0.05, 0) is 24.4 Å². The van der Waals surface area contributed by atoms with E-state index in [1.54, 1.807) is 11.4 Å². The minimum atomic E-state index is -3.68. The Morgan fingerprint density at radius 1 is 1.14 bits per heavy atom. The predicted molar refractivity (Wildman–Crippen MR) is 106 cm³/mol. The Morgan fingerprint density at radius 3 is 2.62 bits per heavy atom. The van der Waals surface area contributed by atoms with Crippen molar-refractivity contribution in [1.29, 1.82) is 0 Å². The van der Waals surface area contributed by atoms with Crippen LogP contribution in [0.25, 0.3) is 0 Å². The molecule has 0 aliphatic carbocycles. The van der Waals surface area contributed by atoms with Gasteiger partial charge in [0.2, 0.25) is 0 Å². The van der Waals surface area contributed by atoms with Crippen molar-refractivity contribution in [2.24, 2.45) is 0 Å². The maximum Gasteiger partial charge on any atom is 0.309 e. The van der Waals surface area contributed by atoms with Crippen LogP contribution >= 0.6 is 11.3 Å². The molecule has 1 atom stereocenters. The molecule has 12 heteroatoms. The zero-order chi connectivity index (χ0) is 20.7. The van der Waals surface area contributed by atoms with Crippen LogP contribution in [0.1, 0.15) is 6.42 Å². The third-order valence-corrected chi connectivity index (χ3v) is 7.95. The van der Waals surface area contributed by atoms with Crippen LogP contribution in [0, 0.1) is 0 Å². The van der Waals surface area contributed by atoms with Crippen LogP contribution in [0.4, 0.5) is 0 Å². The lowest BCUT2D eigenvalue weighted by atomic mass is 10.3. The topological polar surface area (TPSA) is 117 Å². The van der Waals surface area contributed by atoms with Crippen LogP contribution < -0.4 is 10.6 Å². The zero-order valence-electron chi connectivity index (χ0n) is 16.0. The minimum Gasteiger partial charge on any atom is -0.379 e. The SMILES string of the molecule is O=C(NCCCN1CCOCC1)C(=O)NCC1OCCN1S(=O)(=O)c1cccs1. The van der Waals surface area contributed by atoms with Crippen LogP contribution in [0.2, 0.25) is 0 Å². The van der Waals surface area contributed by atoms with Crippen LogP contribution in [-0.2, 0) is 29.1 Å². The summed E-state index contributed by atoms with van der Waals surface area (Å²) in [7, 11) is -3.68. The summed E-state index contributed by atoms with van der Waals surface area (Å²) in [5, 5.41) is 6.72. The number of hydrogen-bond acceptors (Lipinski definition) is 8. The summed E-state index contributed by atoms with van der Waals surface area (Å²) in [4.78, 5) is 26.2. The van der Waals surface area contributed by atoms with Gasteiger partial charge in [-0.3, -0.25) is 14.5 Å². The van der Waals surface area contributed by atoms with Gasteiger partial charge in [0.15, 0.2) is 0 Å². The summed E-state index contributed by atoms with van der Waals surface area (Å²) in [6, 6.07) is 3.19. The van der Waals surface area contributed by atoms with E-state index in [2.05, 4.69) is 15.5 Å². The largest absolute Gasteiger partial charge is 0.379 e. The average molecular weight is 447 g/mol. The molecule has 1 aromatic rings. The summed E-state index contributed by atoms with van der Waals surface area (Å²) >= 11 is 1.12. The fourth-order valence-corrected chi connectivity index (χ4v) is 5.77. The molecule has 10 nitrogen and oxygen atoms in total. The Kier molecular flexibility index (Phi) is 7.98. The van der Waals surface area contributed by atoms with Crippen molar-refractivity contribution < 1.29 is 27.5 Å². The number of carbonyl (C=O) groups is 2. The Hall–Kier alpha value is -1.57. The van der Waals surface area contributed by atoms with Gasteiger partial charge in [-0.1, -0.05) is 6.07 Å². The van der Waals surface area contributed by atoms with E-state index in [0.717, 1.165) is 50.6 Å². The number of amides is 2. The standard InChI is InChI=1S/C17H26N4O6S2/c22-16(18-4-2-5-20-6-9-26-10-7-20)17(23)19-13-14-21(8-11-27-14)29(24,25)15-3-1-12-28-15/h1,3,12,14H,2,4-11,13H2,(H,18,22)(H,19,23). The molecule has 2 saturated heterocycles. The van der Waals surface area contributed by atoms with E-state index in [9.17, 15) is 18.0 Å². The van der Waals surface area contributed by atoms with Crippen molar-refractivity contribution in [3.63, 3.8) is 0 Å². The number of nitrogens with one attached hydrogen (secondary N) is 2. The second-order valence-electron chi connectivity index (χ2n) is 6.65. The number of thiophene rings is 1. The van der Waals surface area contributed by atoms with Gasteiger partial charge >= 0.3 is 11.8 Å². The lowest BCUT2D eigenvalue weighted by Crippen LogP contribution is -2.47. The molecule has 0 spiro atoms. The van der Waals surface area contributed by atoms with Gasteiger partial charge in [-0.25, -0.2) is 8.42 Å². The van der Waals surface area contributed by atoms with Gasteiger partial charge < -0.3 is 20.1 Å². The molecule has 0 bridgehead atoms. The smallest absolute Gasteiger partial charge is 0.309 e. The van der Waals surface area contributed by atoms with Crippen molar-refractivity contribution in [3.8, 4) is 0 Å². The molecular weight excluding hydrogens is 420 g/mol. The van der Waals surface area contributed by atoms with Crippen molar-refractivity contribution in [2.45, 2.75) is 16.9 Å². The molecule has 2 aliphatic heterocycles. The maximum absolute atomic E-state index is 12.6. The summed E-state index contributed by atoms with van der Waals surface area (Å²) in [6.45, 7) is 4.76. The Balaban J connectivity index is 1.39. The van der Waals surface area contributed by atoms with Crippen LogP contribution in [-0.4, -0.2) is 94.8 Å². The molecule has 162 valence electrons. The lowest BCUT2D eigenvalue weighted by Gasteiger charge is -2.26. The van der Waals surface area contributed by atoms with Gasteiger partial charge in [-0.15, -0.1) is 11.3 Å². The summed E-state index contributed by atoms with van der Waals surface area (Å²) < 4.78 is 37.4. The van der Waals surface area contributed by atoms with Crippen molar-refractivity contribution in [1.82, 2.24) is 19.8 Å². The highest BCUT2D eigenvalue weighted by atomic mass is 32.2. The highest BCUT2D eigenvalue weighted by Crippen LogP contribution is 2.25. The molecular formula is C17H26N4O6S2. The quantitative estimate of drug-likeness (QED) is 0.391. The molecule has 29 heavy (non-hydrogen) atoms. The van der Waals surface area contributed by atoms with E-state index < -0.39 is 28.1 Å². The molecule has 2 N–H and O–H groups in total. The number of hydrogen-bond donors (Lipinski definition) is 2. The van der Waals surface area contributed by atoms with E-state index >= 15 is 0 Å². The fraction of sp³-hybridized carbons (Fsp3) is 0.647. The number of nitrogens with zero attached hydrogens (tertiary/aromatic N) is 2. The first-order valence-electron chi connectivity index (χ1n) is 9.51. The number of morpholine rings is 1. The normalized spacial score (nSPS) is 21.2. The second kappa shape index (κ2) is 10.5. The maximum atomic E-state index is 12.6. The zero-order valence-corrected chi connectivity index (χ0v) is 17.7. The molecule has 0 saturated carbocycles. The van der Waals surface area contributed by atoms with Gasteiger partial charge in [0.1, 0.15) is 10.4 Å². The third-order valence-electron chi connectivity index (χ3n) is 4.69. The van der Waals surface area contributed by atoms with Gasteiger partial charge in [-0.2, -0.15) is 4.31 Å². The second-order valence-corrected chi connectivity index (χ2v) is 9.71. The van der Waals surface area contributed by atoms with Crippen molar-refractivity contribution >= 4 is 33.2 Å². The molecule has 0 radical (unpaired) electrons. The summed E-state index contributed by atoms with van der Waals surface area (Å²) in [5.74, 6) is -1.54. The van der Waals surface area contributed by atoms with E-state index in [-0.39, 0.29) is 23.9 Å². The van der Waals surface area contributed by atoms with E-state index in [1.165, 1.54) is 10.4 Å². The molecule has 2 aliphatic rings. The van der Waals surface area contributed by atoms with Crippen molar-refractivity contribution in [2.75, 3.05) is 59.1 Å². The highest BCUT2D eigenvalue weighted by molar-refractivity contribution is 7.91. The first-order valence-corrected chi connectivity index (χ1v) is 11.8. The summed E-state index contributed by atoms with van der Waals surface area (Å²) in [6.07, 6.45) is -0.0995. The monoisotopic (exact) mass is 446 g/mol. The minimum absolute atomic E-state index is 0.0926. The molecule has 0 aromatic carbocycles. The average Bonchev–Trinajstić information content (AvgIpc) is 3.42. The first kappa shape index (κ1) is 22.1. The molecule has 2 amide bonds. The van der Waals surface area contributed by atoms with Crippen LogP contribution in [0.3, 0.4) is 0 Å². The van der Waals surface area contributed by atoms with Crippen LogP contribution in [0.5, 0.6) is 0 Å². The van der Waals surface area contributed by atoms with Gasteiger partial charge in [0.05, 0.1) is 26.4 Å². The number of sulfonamides is 1. The Bertz CT molecular complexity index is 780. The number of rotatable bonds is 8. The van der Waals surface area contributed by atoms with Crippen molar-refractivity contribution in [3.05, 3.63) is 17.5 Å². The molecule has 3 rings (SSSR count). The van der Waals surface area contributed by atoms with E-state index in [4.69, 9.17) is 9.47 Å². The molecule has 3 heterocycles. The van der Waals surface area contributed by atoms with E-state index in [0.29, 0.717) is 6.54 Å². The molecule has 2 fully saturated rings.